The molecule has 74 valence electrons. The van der Waals surface area contributed by atoms with Gasteiger partial charge >= 0.3 is 0 Å². The van der Waals surface area contributed by atoms with Crippen molar-refractivity contribution in [3.8, 4) is 0 Å². The van der Waals surface area contributed by atoms with Gasteiger partial charge in [-0.15, -0.1) is 0 Å². The zero-order valence-electron chi connectivity index (χ0n) is 9.12. The smallest absolute Gasteiger partial charge is 0.0694 e. The summed E-state index contributed by atoms with van der Waals surface area (Å²) >= 11 is 0. The van der Waals surface area contributed by atoms with E-state index in [1.807, 2.05) is 19.1 Å². The fourth-order valence-electron chi connectivity index (χ4n) is 1.39. The van der Waals surface area contributed by atoms with Gasteiger partial charge in [-0.2, -0.15) is 0 Å². The second-order valence-electron chi connectivity index (χ2n) is 3.63. The molecule has 0 radical (unpaired) electrons. The molecule has 0 saturated carbocycles. The van der Waals surface area contributed by atoms with Crippen LogP contribution in [0.1, 0.15) is 37.8 Å². The second kappa shape index (κ2) is 4.75. The van der Waals surface area contributed by atoms with Crippen LogP contribution in [0.2, 0.25) is 0 Å². The first-order valence-corrected chi connectivity index (χ1v) is 4.92. The predicted molar refractivity (Wildman–Crippen MR) is 64.4 cm³/mol. The van der Waals surface area contributed by atoms with E-state index >= 15 is 0 Å². The SMILES string of the molecule is C=Nc1ccc(C(C)C)cc1/C=C\C. The van der Waals surface area contributed by atoms with Crippen LogP contribution in [-0.2, 0) is 0 Å². The largest absolute Gasteiger partial charge is 0.264 e. The van der Waals surface area contributed by atoms with Crippen molar-refractivity contribution in [2.24, 2.45) is 4.99 Å². The number of hydrogen-bond acceptors (Lipinski definition) is 1. The van der Waals surface area contributed by atoms with Gasteiger partial charge in [-0.05, 0) is 37.3 Å². The van der Waals surface area contributed by atoms with Crippen LogP contribution in [0.4, 0.5) is 5.69 Å². The monoisotopic (exact) mass is 187 g/mol. The van der Waals surface area contributed by atoms with Gasteiger partial charge in [0.05, 0.1) is 5.69 Å². The van der Waals surface area contributed by atoms with Gasteiger partial charge in [-0.1, -0.05) is 32.1 Å². The zero-order valence-corrected chi connectivity index (χ0v) is 9.12. The first kappa shape index (κ1) is 10.7. The van der Waals surface area contributed by atoms with Gasteiger partial charge in [0.1, 0.15) is 0 Å². The Bertz CT molecular complexity index is 348. The van der Waals surface area contributed by atoms with Crippen LogP contribution in [0.15, 0.2) is 29.3 Å². The summed E-state index contributed by atoms with van der Waals surface area (Å²) in [4.78, 5) is 3.99. The van der Waals surface area contributed by atoms with Gasteiger partial charge in [0.15, 0.2) is 0 Å². The molecule has 1 nitrogen and oxygen atoms in total. The highest BCUT2D eigenvalue weighted by Crippen LogP contribution is 2.25. The number of allylic oxidation sites excluding steroid dienone is 1. The van der Waals surface area contributed by atoms with Gasteiger partial charge in [0, 0.05) is 5.56 Å². The number of benzene rings is 1. The summed E-state index contributed by atoms with van der Waals surface area (Å²) in [5, 5.41) is 0. The molecule has 0 aliphatic carbocycles. The molecule has 0 bridgehead atoms. The average molecular weight is 187 g/mol. The summed E-state index contributed by atoms with van der Waals surface area (Å²) in [6.45, 7) is 9.95. The highest BCUT2D eigenvalue weighted by Gasteiger charge is 2.02. The fraction of sp³-hybridized carbons (Fsp3) is 0.308. The maximum Gasteiger partial charge on any atom is 0.0694 e. The van der Waals surface area contributed by atoms with Crippen LogP contribution in [-0.4, -0.2) is 6.72 Å². The summed E-state index contributed by atoms with van der Waals surface area (Å²) in [6, 6.07) is 6.31. The van der Waals surface area contributed by atoms with E-state index in [2.05, 4.69) is 43.8 Å². The molecule has 0 fully saturated rings. The molecule has 0 aromatic heterocycles. The van der Waals surface area contributed by atoms with Crippen molar-refractivity contribution >= 4 is 18.5 Å². The molecule has 1 aromatic carbocycles. The van der Waals surface area contributed by atoms with Crippen LogP contribution in [0.5, 0.6) is 0 Å². The molecule has 0 N–H and O–H groups in total. The zero-order chi connectivity index (χ0) is 10.6. The maximum atomic E-state index is 3.99. The highest BCUT2D eigenvalue weighted by atomic mass is 14.7. The Hall–Kier alpha value is -1.37. The molecule has 0 atom stereocenters. The van der Waals surface area contributed by atoms with Crippen molar-refractivity contribution in [1.29, 1.82) is 0 Å². The normalized spacial score (nSPS) is 11.1. The molecule has 0 spiro atoms. The molecule has 1 heteroatoms. The van der Waals surface area contributed by atoms with Crippen LogP contribution in [0.3, 0.4) is 0 Å². The van der Waals surface area contributed by atoms with Gasteiger partial charge in [0.25, 0.3) is 0 Å². The molecule has 0 heterocycles. The average Bonchev–Trinajstić information content (AvgIpc) is 2.18. The molecule has 0 aliphatic heterocycles. The van der Waals surface area contributed by atoms with Gasteiger partial charge in [-0.3, -0.25) is 4.99 Å². The summed E-state index contributed by atoms with van der Waals surface area (Å²) in [5.74, 6) is 0.554. The van der Waals surface area contributed by atoms with Crippen molar-refractivity contribution in [2.45, 2.75) is 26.7 Å². The number of hydrogen-bond donors (Lipinski definition) is 0. The Morgan fingerprint density at radius 1 is 1.36 bits per heavy atom. The second-order valence-corrected chi connectivity index (χ2v) is 3.63. The van der Waals surface area contributed by atoms with E-state index in [1.54, 1.807) is 0 Å². The Morgan fingerprint density at radius 3 is 2.57 bits per heavy atom. The summed E-state index contributed by atoms with van der Waals surface area (Å²) in [7, 11) is 0. The number of rotatable bonds is 3. The summed E-state index contributed by atoms with van der Waals surface area (Å²) in [6.07, 6.45) is 4.09. The van der Waals surface area contributed by atoms with Crippen LogP contribution in [0, 0.1) is 0 Å². The maximum absolute atomic E-state index is 3.99. The van der Waals surface area contributed by atoms with Crippen LogP contribution in [0.25, 0.3) is 6.08 Å². The Morgan fingerprint density at radius 2 is 2.07 bits per heavy atom. The Labute approximate surface area is 86.2 Å². The number of nitrogens with zero attached hydrogens (tertiary/aromatic N) is 1. The van der Waals surface area contributed by atoms with Crippen molar-refractivity contribution < 1.29 is 0 Å². The van der Waals surface area contributed by atoms with Gasteiger partial charge in [-0.25, -0.2) is 0 Å². The minimum Gasteiger partial charge on any atom is -0.264 e. The van der Waals surface area contributed by atoms with Crippen molar-refractivity contribution in [3.05, 3.63) is 35.4 Å². The fourth-order valence-corrected chi connectivity index (χ4v) is 1.39. The lowest BCUT2D eigenvalue weighted by molar-refractivity contribution is 0.866. The number of aliphatic imine (C=N–C) groups is 1. The lowest BCUT2D eigenvalue weighted by Crippen LogP contribution is -1.87. The lowest BCUT2D eigenvalue weighted by Gasteiger charge is -2.08. The third-order valence-electron chi connectivity index (χ3n) is 2.23. The molecule has 0 saturated heterocycles. The Kier molecular flexibility index (Phi) is 3.63. The van der Waals surface area contributed by atoms with Crippen molar-refractivity contribution in [3.63, 3.8) is 0 Å². The molecular formula is C13H17N. The minimum absolute atomic E-state index is 0.554. The van der Waals surface area contributed by atoms with E-state index in [0.29, 0.717) is 5.92 Å². The van der Waals surface area contributed by atoms with Crippen LogP contribution >= 0.6 is 0 Å². The highest BCUT2D eigenvalue weighted by molar-refractivity contribution is 5.66. The van der Waals surface area contributed by atoms with Gasteiger partial charge in [0.2, 0.25) is 0 Å². The van der Waals surface area contributed by atoms with Crippen LogP contribution < -0.4 is 0 Å². The molecule has 0 unspecified atom stereocenters. The molecule has 0 amide bonds. The molecule has 1 rings (SSSR count). The van der Waals surface area contributed by atoms with Crippen molar-refractivity contribution in [1.82, 2.24) is 0 Å². The minimum atomic E-state index is 0.554. The van der Waals surface area contributed by atoms with E-state index in [4.69, 9.17) is 0 Å². The molecule has 1 aromatic rings. The van der Waals surface area contributed by atoms with Gasteiger partial charge < -0.3 is 0 Å². The van der Waals surface area contributed by atoms with E-state index in [-0.39, 0.29) is 0 Å². The third kappa shape index (κ3) is 2.32. The quantitative estimate of drug-likeness (QED) is 0.629. The van der Waals surface area contributed by atoms with Crippen molar-refractivity contribution in [2.75, 3.05) is 0 Å². The van der Waals surface area contributed by atoms with E-state index in [1.165, 1.54) is 5.56 Å². The first-order chi connectivity index (χ1) is 6.69. The van der Waals surface area contributed by atoms with E-state index in [0.717, 1.165) is 11.3 Å². The standard InChI is InChI=1S/C13H17N/c1-5-6-12-9-11(10(2)3)7-8-13(12)14-4/h5-10H,4H2,1-3H3/b6-5-. The first-order valence-electron chi connectivity index (χ1n) is 4.92. The van der Waals surface area contributed by atoms with E-state index < -0.39 is 0 Å². The Balaban J connectivity index is 3.20. The summed E-state index contributed by atoms with van der Waals surface area (Å²) < 4.78 is 0. The lowest BCUT2D eigenvalue weighted by atomic mass is 9.99. The topological polar surface area (TPSA) is 12.4 Å². The molecule has 14 heavy (non-hydrogen) atoms. The molecular weight excluding hydrogens is 170 g/mol. The summed E-state index contributed by atoms with van der Waals surface area (Å²) in [5.41, 5.74) is 3.44. The predicted octanol–water partition coefficient (Wildman–Crippen LogP) is 4.18. The molecule has 0 aliphatic rings. The van der Waals surface area contributed by atoms with E-state index in [9.17, 15) is 0 Å². The third-order valence-corrected chi connectivity index (χ3v) is 2.23.